The lowest BCUT2D eigenvalue weighted by Crippen LogP contribution is -2.48. The van der Waals surface area contributed by atoms with Gasteiger partial charge in [-0.05, 0) is 36.1 Å². The van der Waals surface area contributed by atoms with Crippen molar-refractivity contribution in [3.8, 4) is 0 Å². The highest BCUT2D eigenvalue weighted by molar-refractivity contribution is 7.10. The summed E-state index contributed by atoms with van der Waals surface area (Å²) in [5, 5.41) is 13.7. The lowest BCUT2D eigenvalue weighted by Gasteiger charge is -2.35. The van der Waals surface area contributed by atoms with E-state index in [0.717, 1.165) is 10.4 Å². The highest BCUT2D eigenvalue weighted by Crippen LogP contribution is 2.31. The Hall–Kier alpha value is -2.94. The first-order valence-corrected chi connectivity index (χ1v) is 10.2. The molecule has 1 aliphatic heterocycles. The van der Waals surface area contributed by atoms with E-state index in [1.165, 1.54) is 13.0 Å². The molecule has 1 fully saturated rings. The Bertz CT molecular complexity index is 934. The average molecular weight is 417 g/mol. The van der Waals surface area contributed by atoms with Crippen molar-refractivity contribution < 1.29 is 14.5 Å². The molecule has 0 atom stereocenters. The van der Waals surface area contributed by atoms with Crippen LogP contribution >= 0.6 is 11.3 Å². The molecule has 0 aliphatic carbocycles. The number of piperazine rings is 1. The minimum atomic E-state index is -0.452. The highest BCUT2D eigenvalue weighted by Gasteiger charge is 2.26. The van der Waals surface area contributed by atoms with Crippen molar-refractivity contribution in [2.24, 2.45) is 0 Å². The van der Waals surface area contributed by atoms with Crippen LogP contribution in [0.2, 0.25) is 0 Å². The van der Waals surface area contributed by atoms with Crippen LogP contribution in [-0.2, 0) is 11.3 Å². The fourth-order valence-electron chi connectivity index (χ4n) is 3.41. The van der Waals surface area contributed by atoms with Crippen molar-refractivity contribution in [3.63, 3.8) is 0 Å². The molecule has 29 heavy (non-hydrogen) atoms. The van der Waals surface area contributed by atoms with Crippen molar-refractivity contribution in [2.75, 3.05) is 38.1 Å². The molecule has 0 saturated carbocycles. The number of thiophene rings is 1. The van der Waals surface area contributed by atoms with E-state index in [4.69, 9.17) is 0 Å². The topological polar surface area (TPSA) is 87.0 Å². The van der Waals surface area contributed by atoms with Gasteiger partial charge in [-0.3, -0.25) is 19.7 Å². The van der Waals surface area contributed by atoms with Gasteiger partial charge in [-0.15, -0.1) is 11.3 Å². The van der Waals surface area contributed by atoms with Gasteiger partial charge in [-0.25, -0.2) is 0 Å². The summed E-state index contributed by atoms with van der Waals surface area (Å²) < 4.78 is 0. The number of nitro groups is 1. The van der Waals surface area contributed by atoms with Crippen LogP contribution in [-0.4, -0.2) is 59.8 Å². The van der Waals surface area contributed by atoms with Gasteiger partial charge in [-0.2, -0.15) is 0 Å². The Labute approximate surface area is 173 Å². The summed E-state index contributed by atoms with van der Waals surface area (Å²) in [6.07, 6.45) is 0. The molecule has 2 aromatic rings. The number of amides is 2. The number of carbonyl (C=O) groups excluding carboxylic acids is 2. The normalized spacial score (nSPS) is 14.0. The van der Waals surface area contributed by atoms with E-state index >= 15 is 0 Å². The first kappa shape index (κ1) is 20.8. The fourth-order valence-corrected chi connectivity index (χ4v) is 4.36. The molecular formula is C20H24N4O4S. The van der Waals surface area contributed by atoms with Crippen molar-refractivity contribution in [1.29, 1.82) is 0 Å². The molecule has 9 heteroatoms. The third kappa shape index (κ3) is 4.56. The number of nitrogens with zero attached hydrogens (tertiary/aromatic N) is 4. The maximum atomic E-state index is 12.8. The lowest BCUT2D eigenvalue weighted by atomic mass is 10.1. The molecule has 0 N–H and O–H groups in total. The molecule has 3 rings (SSSR count). The van der Waals surface area contributed by atoms with Gasteiger partial charge in [0.2, 0.25) is 5.91 Å². The third-order valence-electron chi connectivity index (χ3n) is 5.18. The average Bonchev–Trinajstić information content (AvgIpc) is 3.11. The molecule has 0 radical (unpaired) electrons. The largest absolute Gasteiger partial charge is 0.362 e. The van der Waals surface area contributed by atoms with Crippen LogP contribution in [0.5, 0.6) is 0 Å². The second-order valence-corrected chi connectivity index (χ2v) is 8.14. The van der Waals surface area contributed by atoms with E-state index in [9.17, 15) is 19.7 Å². The molecule has 1 saturated heterocycles. The van der Waals surface area contributed by atoms with Crippen LogP contribution in [0.25, 0.3) is 0 Å². The van der Waals surface area contributed by atoms with Crippen LogP contribution in [0.1, 0.15) is 27.7 Å². The summed E-state index contributed by atoms with van der Waals surface area (Å²) in [7, 11) is 1.70. The molecule has 0 spiro atoms. The minimum Gasteiger partial charge on any atom is -0.362 e. The standard InChI is InChI=1S/C20H24N4O4S/c1-14-6-11-29-19(14)13-21(3)20(26)16-4-5-17(18(12-16)24(27)28)23-9-7-22(8-10-23)15(2)25/h4-6,11-12H,7-10,13H2,1-3H3. The van der Waals surface area contributed by atoms with Crippen molar-refractivity contribution in [1.82, 2.24) is 9.80 Å². The number of nitro benzene ring substituents is 1. The Morgan fingerprint density at radius 2 is 1.90 bits per heavy atom. The van der Waals surface area contributed by atoms with Gasteiger partial charge in [0, 0.05) is 56.7 Å². The zero-order chi connectivity index (χ0) is 21.1. The predicted molar refractivity (Wildman–Crippen MR) is 112 cm³/mol. The Kier molecular flexibility index (Phi) is 6.17. The zero-order valence-corrected chi connectivity index (χ0v) is 17.6. The molecule has 2 amide bonds. The summed E-state index contributed by atoms with van der Waals surface area (Å²) >= 11 is 1.59. The maximum Gasteiger partial charge on any atom is 0.293 e. The number of hydrogen-bond acceptors (Lipinski definition) is 6. The monoisotopic (exact) mass is 416 g/mol. The van der Waals surface area contributed by atoms with E-state index in [-0.39, 0.29) is 17.5 Å². The molecule has 0 bridgehead atoms. The van der Waals surface area contributed by atoms with E-state index in [0.29, 0.717) is 44.0 Å². The molecule has 1 aliphatic rings. The number of rotatable bonds is 5. The minimum absolute atomic E-state index is 0.00380. The van der Waals surface area contributed by atoms with Crippen molar-refractivity contribution in [3.05, 3.63) is 55.8 Å². The summed E-state index contributed by atoms with van der Waals surface area (Å²) in [6.45, 7) is 6.07. The Morgan fingerprint density at radius 3 is 2.45 bits per heavy atom. The van der Waals surface area contributed by atoms with Gasteiger partial charge in [0.15, 0.2) is 0 Å². The van der Waals surface area contributed by atoms with Gasteiger partial charge in [0.1, 0.15) is 5.69 Å². The van der Waals surface area contributed by atoms with Gasteiger partial charge in [0.05, 0.1) is 11.5 Å². The first-order chi connectivity index (χ1) is 13.8. The second kappa shape index (κ2) is 8.60. The molecular weight excluding hydrogens is 392 g/mol. The quantitative estimate of drug-likeness (QED) is 0.552. The molecule has 2 heterocycles. The van der Waals surface area contributed by atoms with Crippen LogP contribution in [0.4, 0.5) is 11.4 Å². The first-order valence-electron chi connectivity index (χ1n) is 9.35. The molecule has 1 aromatic carbocycles. The van der Waals surface area contributed by atoms with Crippen LogP contribution in [0.15, 0.2) is 29.6 Å². The van der Waals surface area contributed by atoms with Crippen molar-refractivity contribution >= 4 is 34.5 Å². The Balaban J connectivity index is 1.79. The zero-order valence-electron chi connectivity index (χ0n) is 16.8. The van der Waals surface area contributed by atoms with Crippen LogP contribution in [0.3, 0.4) is 0 Å². The van der Waals surface area contributed by atoms with Gasteiger partial charge in [-0.1, -0.05) is 0 Å². The third-order valence-corrected chi connectivity index (χ3v) is 6.19. The lowest BCUT2D eigenvalue weighted by molar-refractivity contribution is -0.384. The van der Waals surface area contributed by atoms with Crippen LogP contribution in [0, 0.1) is 17.0 Å². The van der Waals surface area contributed by atoms with E-state index in [2.05, 4.69) is 0 Å². The Morgan fingerprint density at radius 1 is 1.21 bits per heavy atom. The van der Waals surface area contributed by atoms with Gasteiger partial charge < -0.3 is 14.7 Å². The fraction of sp³-hybridized carbons (Fsp3) is 0.400. The number of benzene rings is 1. The summed E-state index contributed by atoms with van der Waals surface area (Å²) in [5.74, 6) is -0.252. The van der Waals surface area contributed by atoms with Gasteiger partial charge >= 0.3 is 0 Å². The summed E-state index contributed by atoms with van der Waals surface area (Å²) in [5.41, 5.74) is 1.81. The molecule has 154 valence electrons. The molecule has 0 unspecified atom stereocenters. The van der Waals surface area contributed by atoms with E-state index < -0.39 is 4.92 Å². The van der Waals surface area contributed by atoms with Crippen molar-refractivity contribution in [2.45, 2.75) is 20.4 Å². The smallest absolute Gasteiger partial charge is 0.293 e. The molecule has 8 nitrogen and oxygen atoms in total. The highest BCUT2D eigenvalue weighted by atomic mass is 32.1. The predicted octanol–water partition coefficient (Wildman–Crippen LogP) is 2.91. The van der Waals surface area contributed by atoms with E-state index in [1.807, 2.05) is 23.3 Å². The maximum absolute atomic E-state index is 12.8. The summed E-state index contributed by atoms with van der Waals surface area (Å²) in [4.78, 5) is 41.8. The second-order valence-electron chi connectivity index (χ2n) is 7.14. The van der Waals surface area contributed by atoms with E-state index in [1.54, 1.807) is 40.3 Å². The SMILES string of the molecule is CC(=O)N1CCN(c2ccc(C(=O)N(C)Cc3sccc3C)cc2[N+](=O)[O-])CC1. The number of aryl methyl sites for hydroxylation is 1. The summed E-state index contributed by atoms with van der Waals surface area (Å²) in [6, 6.07) is 6.63. The number of hydrogen-bond donors (Lipinski definition) is 0. The number of anilines is 1. The molecule has 1 aromatic heterocycles. The van der Waals surface area contributed by atoms with Crippen LogP contribution < -0.4 is 4.90 Å². The van der Waals surface area contributed by atoms with Gasteiger partial charge in [0.25, 0.3) is 11.6 Å². The number of carbonyl (C=O) groups is 2.